The number of hydrogen-bond acceptors (Lipinski definition) is 3. The van der Waals surface area contributed by atoms with Crippen LogP contribution in [0.15, 0.2) is 36.4 Å². The van der Waals surface area contributed by atoms with Crippen LogP contribution in [0.1, 0.15) is 17.3 Å². The van der Waals surface area contributed by atoms with Gasteiger partial charge in [0.25, 0.3) is 0 Å². The second-order valence-corrected chi connectivity index (χ2v) is 3.06. The van der Waals surface area contributed by atoms with Gasteiger partial charge in [0.1, 0.15) is 11.9 Å². The normalized spacial score (nSPS) is 12.7. The van der Waals surface area contributed by atoms with Crippen molar-refractivity contribution in [3.63, 3.8) is 0 Å². The Labute approximate surface area is 89.0 Å². The fraction of sp³-hybridized carbons (Fsp3) is 0.250. The minimum atomic E-state index is -1.07. The Morgan fingerprint density at radius 1 is 1.40 bits per heavy atom. The number of methoxy groups -OCH3 is 1. The van der Waals surface area contributed by atoms with Gasteiger partial charge in [0.05, 0.1) is 7.11 Å². The first kappa shape index (κ1) is 11.5. The number of ether oxygens (including phenoxy) is 1. The standard InChI is InChI=1S/C12H14O3/c1-3-4-11(13)12(14)9-5-7-10(15-2)8-6-9/h3-8,11,13H,1-2H3/b4-3+. The van der Waals surface area contributed by atoms with E-state index >= 15 is 0 Å². The molecule has 0 aliphatic rings. The zero-order valence-electron chi connectivity index (χ0n) is 8.81. The summed E-state index contributed by atoms with van der Waals surface area (Å²) in [4.78, 5) is 11.6. The summed E-state index contributed by atoms with van der Waals surface area (Å²) >= 11 is 0. The molecule has 1 N–H and O–H groups in total. The second kappa shape index (κ2) is 5.32. The third-order valence-corrected chi connectivity index (χ3v) is 2.02. The summed E-state index contributed by atoms with van der Waals surface area (Å²) in [6.45, 7) is 1.75. The molecule has 0 aromatic heterocycles. The van der Waals surface area contributed by atoms with Crippen molar-refractivity contribution in [1.29, 1.82) is 0 Å². The fourth-order valence-corrected chi connectivity index (χ4v) is 1.20. The summed E-state index contributed by atoms with van der Waals surface area (Å²) in [5.41, 5.74) is 0.474. The van der Waals surface area contributed by atoms with Crippen molar-refractivity contribution in [1.82, 2.24) is 0 Å². The SMILES string of the molecule is C/C=C/C(O)C(=O)c1ccc(OC)cc1. The van der Waals surface area contributed by atoms with E-state index in [-0.39, 0.29) is 5.78 Å². The molecule has 1 atom stereocenters. The van der Waals surface area contributed by atoms with Crippen LogP contribution in [0.25, 0.3) is 0 Å². The fourth-order valence-electron chi connectivity index (χ4n) is 1.20. The van der Waals surface area contributed by atoms with E-state index in [1.165, 1.54) is 6.08 Å². The van der Waals surface area contributed by atoms with Crippen LogP contribution in [-0.4, -0.2) is 24.1 Å². The number of rotatable bonds is 4. The van der Waals surface area contributed by atoms with Crippen molar-refractivity contribution < 1.29 is 14.6 Å². The first-order chi connectivity index (χ1) is 7.19. The van der Waals surface area contributed by atoms with Crippen molar-refractivity contribution >= 4 is 5.78 Å². The van der Waals surface area contributed by atoms with Gasteiger partial charge < -0.3 is 9.84 Å². The molecule has 0 spiro atoms. The Hall–Kier alpha value is -1.61. The molecule has 15 heavy (non-hydrogen) atoms. The van der Waals surface area contributed by atoms with E-state index in [1.807, 2.05) is 0 Å². The summed E-state index contributed by atoms with van der Waals surface area (Å²) in [5.74, 6) is 0.378. The molecule has 0 heterocycles. The van der Waals surface area contributed by atoms with E-state index in [1.54, 1.807) is 44.4 Å². The highest BCUT2D eigenvalue weighted by molar-refractivity contribution is 6.00. The smallest absolute Gasteiger partial charge is 0.195 e. The lowest BCUT2D eigenvalue weighted by Gasteiger charge is -2.05. The molecule has 0 aliphatic heterocycles. The lowest BCUT2D eigenvalue weighted by molar-refractivity contribution is 0.0820. The molecule has 0 saturated carbocycles. The predicted molar refractivity (Wildman–Crippen MR) is 58.1 cm³/mol. The van der Waals surface area contributed by atoms with Gasteiger partial charge in [-0.05, 0) is 31.2 Å². The van der Waals surface area contributed by atoms with Crippen LogP contribution < -0.4 is 4.74 Å². The number of aliphatic hydroxyl groups is 1. The summed E-state index contributed by atoms with van der Waals surface area (Å²) in [6, 6.07) is 6.65. The Balaban J connectivity index is 2.82. The van der Waals surface area contributed by atoms with E-state index in [4.69, 9.17) is 4.74 Å². The first-order valence-corrected chi connectivity index (χ1v) is 4.68. The number of ketones is 1. The van der Waals surface area contributed by atoms with Crippen molar-refractivity contribution in [3.8, 4) is 5.75 Å². The lowest BCUT2D eigenvalue weighted by atomic mass is 10.1. The van der Waals surface area contributed by atoms with E-state index < -0.39 is 6.10 Å². The molecule has 0 saturated heterocycles. The minimum absolute atomic E-state index is 0.309. The molecule has 1 unspecified atom stereocenters. The van der Waals surface area contributed by atoms with Crippen LogP contribution >= 0.6 is 0 Å². The third kappa shape index (κ3) is 2.92. The molecular formula is C12H14O3. The van der Waals surface area contributed by atoms with E-state index in [9.17, 15) is 9.90 Å². The van der Waals surface area contributed by atoms with Crippen LogP contribution in [-0.2, 0) is 0 Å². The lowest BCUT2D eigenvalue weighted by Crippen LogP contribution is -2.17. The van der Waals surface area contributed by atoms with Gasteiger partial charge in [-0.2, -0.15) is 0 Å². The molecule has 0 amide bonds. The zero-order valence-corrected chi connectivity index (χ0v) is 8.81. The maximum absolute atomic E-state index is 11.6. The molecular weight excluding hydrogens is 192 g/mol. The van der Waals surface area contributed by atoms with Gasteiger partial charge in [-0.3, -0.25) is 4.79 Å². The monoisotopic (exact) mass is 206 g/mol. The Bertz CT molecular complexity index is 352. The number of carbonyl (C=O) groups excluding carboxylic acids is 1. The average Bonchev–Trinajstić information content (AvgIpc) is 2.28. The summed E-state index contributed by atoms with van der Waals surface area (Å²) in [7, 11) is 1.56. The number of hydrogen-bond donors (Lipinski definition) is 1. The molecule has 1 aromatic carbocycles. The number of benzene rings is 1. The summed E-state index contributed by atoms with van der Waals surface area (Å²) in [5, 5.41) is 9.43. The van der Waals surface area contributed by atoms with Gasteiger partial charge in [0.15, 0.2) is 5.78 Å². The zero-order chi connectivity index (χ0) is 11.3. The number of carbonyl (C=O) groups is 1. The maximum atomic E-state index is 11.6. The van der Waals surface area contributed by atoms with Gasteiger partial charge in [-0.15, -0.1) is 0 Å². The Morgan fingerprint density at radius 3 is 2.47 bits per heavy atom. The molecule has 80 valence electrons. The third-order valence-electron chi connectivity index (χ3n) is 2.02. The second-order valence-electron chi connectivity index (χ2n) is 3.06. The van der Waals surface area contributed by atoms with Gasteiger partial charge in [-0.25, -0.2) is 0 Å². The molecule has 0 radical (unpaired) electrons. The predicted octanol–water partition coefficient (Wildman–Crippen LogP) is 1.81. The summed E-state index contributed by atoms with van der Waals surface area (Å²) in [6.07, 6.45) is 2.03. The number of allylic oxidation sites excluding steroid dienone is 1. The summed E-state index contributed by atoms with van der Waals surface area (Å²) < 4.78 is 4.97. The van der Waals surface area contributed by atoms with Gasteiger partial charge in [0.2, 0.25) is 0 Å². The largest absolute Gasteiger partial charge is 0.497 e. The molecule has 3 heteroatoms. The highest BCUT2D eigenvalue weighted by Crippen LogP contribution is 2.13. The van der Waals surface area contributed by atoms with Gasteiger partial charge in [-0.1, -0.05) is 12.2 Å². The van der Waals surface area contributed by atoms with Crippen LogP contribution in [0.4, 0.5) is 0 Å². The number of aliphatic hydroxyl groups excluding tert-OH is 1. The molecule has 0 bridgehead atoms. The Morgan fingerprint density at radius 2 is 2.00 bits per heavy atom. The first-order valence-electron chi connectivity index (χ1n) is 4.68. The maximum Gasteiger partial charge on any atom is 0.195 e. The van der Waals surface area contributed by atoms with Crippen LogP contribution in [0.2, 0.25) is 0 Å². The minimum Gasteiger partial charge on any atom is -0.497 e. The molecule has 0 aliphatic carbocycles. The van der Waals surface area contributed by atoms with Crippen LogP contribution in [0.5, 0.6) is 5.75 Å². The number of Topliss-reactive ketones (excluding diaryl/α,β-unsaturated/α-hetero) is 1. The quantitative estimate of drug-likeness (QED) is 0.603. The molecule has 1 rings (SSSR count). The van der Waals surface area contributed by atoms with Crippen molar-refractivity contribution in [2.24, 2.45) is 0 Å². The van der Waals surface area contributed by atoms with Gasteiger partial charge >= 0.3 is 0 Å². The van der Waals surface area contributed by atoms with Crippen molar-refractivity contribution in [2.75, 3.05) is 7.11 Å². The molecule has 1 aromatic rings. The average molecular weight is 206 g/mol. The molecule has 3 nitrogen and oxygen atoms in total. The topological polar surface area (TPSA) is 46.5 Å². The van der Waals surface area contributed by atoms with Crippen LogP contribution in [0, 0.1) is 0 Å². The van der Waals surface area contributed by atoms with Crippen molar-refractivity contribution in [2.45, 2.75) is 13.0 Å². The van der Waals surface area contributed by atoms with Crippen molar-refractivity contribution in [3.05, 3.63) is 42.0 Å². The van der Waals surface area contributed by atoms with E-state index in [2.05, 4.69) is 0 Å². The van der Waals surface area contributed by atoms with E-state index in [0.717, 1.165) is 0 Å². The highest BCUT2D eigenvalue weighted by atomic mass is 16.5. The van der Waals surface area contributed by atoms with E-state index in [0.29, 0.717) is 11.3 Å². The Kier molecular flexibility index (Phi) is 4.06. The van der Waals surface area contributed by atoms with Crippen LogP contribution in [0.3, 0.4) is 0 Å². The highest BCUT2D eigenvalue weighted by Gasteiger charge is 2.13. The van der Waals surface area contributed by atoms with Gasteiger partial charge in [0, 0.05) is 5.56 Å². The molecule has 0 fully saturated rings.